The van der Waals surface area contributed by atoms with E-state index in [1.54, 1.807) is 36.7 Å². The molecule has 144 valence electrons. The molecule has 0 aliphatic carbocycles. The molecule has 9 heteroatoms. The van der Waals surface area contributed by atoms with Gasteiger partial charge in [0.1, 0.15) is 16.4 Å². The van der Waals surface area contributed by atoms with Crippen LogP contribution in [-0.4, -0.2) is 52.0 Å². The minimum Gasteiger partial charge on any atom is -1.00 e. The molecule has 2 aromatic rings. The third kappa shape index (κ3) is 16.2. The van der Waals surface area contributed by atoms with E-state index in [0.29, 0.717) is 11.1 Å². The van der Waals surface area contributed by atoms with Crippen LogP contribution in [0.25, 0.3) is 0 Å². The van der Waals surface area contributed by atoms with Crippen molar-refractivity contribution in [1.29, 1.82) is 5.26 Å². The first kappa shape index (κ1) is 34.0. The molecule has 0 saturated carbocycles. The number of pyridine rings is 2. The summed E-state index contributed by atoms with van der Waals surface area (Å²) < 4.78 is 4.83. The number of rotatable bonds is 3. The molecule has 2 heterocycles. The van der Waals surface area contributed by atoms with Crippen LogP contribution in [-0.2, 0) is 4.74 Å². The predicted octanol–water partition coefficient (Wildman–Crippen LogP) is 1.66. The number of carbonyl (C=O) groups excluding carboxylic acids is 1. The zero-order valence-corrected chi connectivity index (χ0v) is 21.0. The number of Topliss-reactive ketones (excluding diaryl/α,β-unsaturated/α-hetero) is 1. The van der Waals surface area contributed by atoms with Crippen molar-refractivity contribution in [2.75, 3.05) is 13.2 Å². The molecule has 0 N–H and O–H groups in total. The van der Waals surface area contributed by atoms with Crippen molar-refractivity contribution in [3.05, 3.63) is 65.5 Å². The first-order valence-corrected chi connectivity index (χ1v) is 7.93. The number of halogens is 3. The smallest absolute Gasteiger partial charge is 1.00 e. The summed E-state index contributed by atoms with van der Waals surface area (Å²) in [5, 5.41) is 8.88. The van der Waals surface area contributed by atoms with Crippen molar-refractivity contribution in [2.24, 2.45) is 0 Å². The van der Waals surface area contributed by atoms with Gasteiger partial charge in [-0.3, -0.25) is 4.79 Å². The third-order valence-corrected chi connectivity index (χ3v) is 3.03. The summed E-state index contributed by atoms with van der Waals surface area (Å²) >= 11 is 11.1. The van der Waals surface area contributed by atoms with Crippen molar-refractivity contribution in [3.63, 3.8) is 0 Å². The minimum atomic E-state index is -0.0573. The van der Waals surface area contributed by atoms with Crippen LogP contribution in [0.15, 0.2) is 36.7 Å². The first-order valence-electron chi connectivity index (χ1n) is 7.17. The summed E-state index contributed by atoms with van der Waals surface area (Å²) in [5.41, 5.74) is 0.892. The summed E-state index contributed by atoms with van der Waals surface area (Å²) in [5.74, 6) is -0.0573. The van der Waals surface area contributed by atoms with Crippen LogP contribution in [0.3, 0.4) is 0 Å². The summed E-state index contributed by atoms with van der Waals surface area (Å²) in [4.78, 5) is 18.2. The van der Waals surface area contributed by atoms with Crippen LogP contribution in [0.1, 0.15) is 36.7 Å². The Hall–Kier alpha value is -0.504. The minimum absolute atomic E-state index is 0. The van der Waals surface area contributed by atoms with Gasteiger partial charge in [0.15, 0.2) is 5.78 Å². The molecular weight excluding hydrogens is 512 g/mol. The van der Waals surface area contributed by atoms with Gasteiger partial charge in [-0.05, 0) is 45.0 Å². The maximum absolute atomic E-state index is 10.7. The molecular formula is C18H22Cl2IMgN3O2. The van der Waals surface area contributed by atoms with Gasteiger partial charge in [-0.1, -0.05) is 23.2 Å². The van der Waals surface area contributed by atoms with Gasteiger partial charge in [0, 0.05) is 25.6 Å². The molecule has 0 amide bonds. The Morgan fingerprint density at radius 1 is 1.11 bits per heavy atom. The van der Waals surface area contributed by atoms with E-state index >= 15 is 0 Å². The third-order valence-electron chi connectivity index (χ3n) is 2.43. The molecule has 0 aromatic carbocycles. The molecule has 5 nitrogen and oxygen atoms in total. The molecule has 0 unspecified atom stereocenters. The molecule has 0 spiro atoms. The molecule has 0 atom stereocenters. The van der Waals surface area contributed by atoms with Crippen molar-refractivity contribution in [1.82, 2.24) is 9.97 Å². The topological polar surface area (TPSA) is 75.9 Å². The Morgan fingerprint density at radius 3 is 1.85 bits per heavy atom. The Bertz CT molecular complexity index is 684. The van der Waals surface area contributed by atoms with E-state index in [9.17, 15) is 4.79 Å². The largest absolute Gasteiger partial charge is 2.00 e. The molecule has 27 heavy (non-hydrogen) atoms. The second kappa shape index (κ2) is 21.8. The van der Waals surface area contributed by atoms with E-state index in [-0.39, 0.29) is 70.5 Å². The zero-order chi connectivity index (χ0) is 18.4. The number of ether oxygens (including phenoxy) is 1. The molecule has 0 bridgehead atoms. The monoisotopic (exact) mass is 533 g/mol. The van der Waals surface area contributed by atoms with Gasteiger partial charge >= 0.3 is 23.1 Å². The van der Waals surface area contributed by atoms with Gasteiger partial charge in [0.25, 0.3) is 0 Å². The van der Waals surface area contributed by atoms with Crippen molar-refractivity contribution in [2.45, 2.75) is 20.8 Å². The normalized spacial score (nSPS) is 7.85. The van der Waals surface area contributed by atoms with E-state index < -0.39 is 0 Å². The molecule has 0 aliphatic heterocycles. The fourth-order valence-electron chi connectivity index (χ4n) is 1.32. The number of hydrogen-bond acceptors (Lipinski definition) is 5. The molecule has 2 aromatic heterocycles. The molecule has 2 rings (SSSR count). The second-order valence-corrected chi connectivity index (χ2v) is 4.85. The van der Waals surface area contributed by atoms with Gasteiger partial charge in [-0.15, -0.1) is 0 Å². The summed E-state index contributed by atoms with van der Waals surface area (Å²) in [6.45, 7) is 7.13. The fourth-order valence-corrected chi connectivity index (χ4v) is 1.74. The van der Waals surface area contributed by atoms with Gasteiger partial charge in [0.05, 0.1) is 11.1 Å². The van der Waals surface area contributed by atoms with Gasteiger partial charge in [-0.25, -0.2) is 9.97 Å². The number of nitrogens with zero attached hydrogens (tertiary/aromatic N) is 3. The van der Waals surface area contributed by atoms with Gasteiger partial charge < -0.3 is 36.1 Å². The Balaban J connectivity index is -0.000000146. The van der Waals surface area contributed by atoms with E-state index in [4.69, 9.17) is 33.2 Å². The SMILES string of the molecule is CC(=O)c1cccnc1Cl.CCOCC.N#Cc1cccnc1Cl.[CH3-].[I-].[Mg+2]. The van der Waals surface area contributed by atoms with Gasteiger partial charge in [-0.2, -0.15) is 5.26 Å². The maximum Gasteiger partial charge on any atom is 2.00 e. The number of carbonyl (C=O) groups is 1. The standard InChI is InChI=1S/C7H6ClNO.C6H3ClN2.C4H10O.CH3.HI.Mg/c1-5(10)6-3-2-4-9-7(6)8;7-6-5(4-8)2-1-3-9-6;1-3-5-4-2;;;/h2-4H,1H3;1-3H;3-4H2,1-2H3;1H3;1H;/q;;;-1;;+2/p-1. The van der Waals surface area contributed by atoms with Crippen LogP contribution in [0.2, 0.25) is 10.3 Å². The molecule has 0 fully saturated rings. The van der Waals surface area contributed by atoms with E-state index in [2.05, 4.69) is 9.97 Å². The molecule has 0 radical (unpaired) electrons. The Morgan fingerprint density at radius 2 is 1.59 bits per heavy atom. The number of hydrogen-bond donors (Lipinski definition) is 0. The van der Waals surface area contributed by atoms with Gasteiger partial charge in [0.2, 0.25) is 0 Å². The number of aromatic nitrogens is 2. The summed E-state index contributed by atoms with van der Waals surface area (Å²) in [6.07, 6.45) is 3.10. The number of ketones is 1. The van der Waals surface area contributed by atoms with E-state index in [0.717, 1.165) is 13.2 Å². The van der Waals surface area contributed by atoms with Crippen LogP contribution in [0.5, 0.6) is 0 Å². The van der Waals surface area contributed by atoms with Crippen LogP contribution < -0.4 is 24.0 Å². The average molecular weight is 535 g/mol. The van der Waals surface area contributed by atoms with Crippen LogP contribution in [0, 0.1) is 18.8 Å². The van der Waals surface area contributed by atoms with Crippen molar-refractivity contribution < 1.29 is 33.5 Å². The van der Waals surface area contributed by atoms with Crippen molar-refractivity contribution in [3.8, 4) is 6.07 Å². The Labute approximate surface area is 205 Å². The van der Waals surface area contributed by atoms with Crippen molar-refractivity contribution >= 4 is 52.0 Å². The first-order chi connectivity index (χ1) is 11.5. The van der Waals surface area contributed by atoms with Crippen LogP contribution in [0.4, 0.5) is 0 Å². The maximum atomic E-state index is 10.7. The van der Waals surface area contributed by atoms with E-state index in [1.165, 1.54) is 6.92 Å². The van der Waals surface area contributed by atoms with E-state index in [1.807, 2.05) is 19.9 Å². The number of nitriles is 1. The summed E-state index contributed by atoms with van der Waals surface area (Å²) in [7, 11) is 0. The molecule has 0 saturated heterocycles. The molecule has 0 aliphatic rings. The zero-order valence-electron chi connectivity index (χ0n) is 15.9. The predicted molar refractivity (Wildman–Crippen MR) is 108 cm³/mol. The second-order valence-electron chi connectivity index (χ2n) is 4.13. The summed E-state index contributed by atoms with van der Waals surface area (Å²) in [6, 6.07) is 8.53. The fraction of sp³-hybridized carbons (Fsp3) is 0.278. The van der Waals surface area contributed by atoms with Crippen LogP contribution >= 0.6 is 23.2 Å². The Kier molecular flexibility index (Phi) is 27.5. The quantitative estimate of drug-likeness (QED) is 0.197. The average Bonchev–Trinajstić information content (AvgIpc) is 2.57.